The molecule has 0 saturated carbocycles. The van der Waals surface area contributed by atoms with E-state index in [1.165, 1.54) is 0 Å². The van der Waals surface area contributed by atoms with Crippen molar-refractivity contribution in [3.05, 3.63) is 24.3 Å². The van der Waals surface area contributed by atoms with Gasteiger partial charge in [0.2, 0.25) is 10.0 Å². The zero-order valence-electron chi connectivity index (χ0n) is 12.5. The molecule has 5 nitrogen and oxygen atoms in total. The van der Waals surface area contributed by atoms with Gasteiger partial charge in [0.15, 0.2) is 0 Å². The molecule has 1 aromatic carbocycles. The molecule has 0 aliphatic heterocycles. The molecule has 1 atom stereocenters. The van der Waals surface area contributed by atoms with E-state index in [9.17, 15) is 8.42 Å². The average Bonchev–Trinajstić information content (AvgIpc) is 2.44. The highest BCUT2D eigenvalue weighted by Gasteiger charge is 2.18. The summed E-state index contributed by atoms with van der Waals surface area (Å²) in [7, 11) is -3.52. The van der Waals surface area contributed by atoms with Gasteiger partial charge in [0.05, 0.1) is 11.5 Å². The van der Waals surface area contributed by atoms with Gasteiger partial charge in [-0.15, -0.1) is 12.4 Å². The molecule has 0 fully saturated rings. The third-order valence-electron chi connectivity index (χ3n) is 2.96. The van der Waals surface area contributed by atoms with Crippen LogP contribution in [0.25, 0.3) is 0 Å². The Balaban J connectivity index is 0.00000400. The van der Waals surface area contributed by atoms with Crippen molar-refractivity contribution in [1.82, 2.24) is 4.72 Å². The minimum atomic E-state index is -3.52. The molecule has 1 unspecified atom stereocenters. The molecule has 0 saturated heterocycles. The zero-order valence-corrected chi connectivity index (χ0v) is 14.2. The van der Waals surface area contributed by atoms with Crippen LogP contribution in [0.3, 0.4) is 0 Å². The molecule has 0 aliphatic rings. The Morgan fingerprint density at radius 1 is 1.24 bits per heavy atom. The van der Waals surface area contributed by atoms with E-state index in [1.807, 2.05) is 6.92 Å². The first-order valence-corrected chi connectivity index (χ1v) is 8.47. The second-order valence-corrected chi connectivity index (χ2v) is 6.31. The lowest BCUT2D eigenvalue weighted by Gasteiger charge is -2.16. The summed E-state index contributed by atoms with van der Waals surface area (Å²) in [6.07, 6.45) is 2.72. The van der Waals surface area contributed by atoms with Gasteiger partial charge in [-0.3, -0.25) is 0 Å². The van der Waals surface area contributed by atoms with Crippen LogP contribution in [0.5, 0.6) is 5.75 Å². The molecule has 21 heavy (non-hydrogen) atoms. The monoisotopic (exact) mass is 336 g/mol. The fourth-order valence-electron chi connectivity index (χ4n) is 1.84. The number of rotatable bonds is 9. The number of hydrogen-bond acceptors (Lipinski definition) is 4. The van der Waals surface area contributed by atoms with Crippen molar-refractivity contribution >= 4 is 22.4 Å². The predicted molar refractivity (Wildman–Crippen MR) is 87.5 cm³/mol. The van der Waals surface area contributed by atoms with Gasteiger partial charge in [0.25, 0.3) is 0 Å². The summed E-state index contributed by atoms with van der Waals surface area (Å²) < 4.78 is 32.4. The normalized spacial score (nSPS) is 12.5. The van der Waals surface area contributed by atoms with Crippen molar-refractivity contribution in [2.75, 3.05) is 13.2 Å². The second-order valence-electron chi connectivity index (χ2n) is 4.60. The maximum absolute atomic E-state index is 12.2. The molecule has 1 aromatic rings. The van der Waals surface area contributed by atoms with Crippen molar-refractivity contribution in [3.63, 3.8) is 0 Å². The van der Waals surface area contributed by atoms with Crippen molar-refractivity contribution in [2.45, 2.75) is 44.0 Å². The van der Waals surface area contributed by atoms with Gasteiger partial charge in [-0.1, -0.05) is 19.8 Å². The van der Waals surface area contributed by atoms with Crippen molar-refractivity contribution in [2.24, 2.45) is 5.73 Å². The van der Waals surface area contributed by atoms with Crippen LogP contribution in [0, 0.1) is 0 Å². The third-order valence-corrected chi connectivity index (χ3v) is 4.49. The standard InChI is InChI=1S/C14H24N2O3S.ClH/c1-3-5-6-12(11-15)16-20(17,18)14-9-7-13(8-10-14)19-4-2;/h7-10,12,16H,3-6,11,15H2,1-2H3;1H. The summed E-state index contributed by atoms with van der Waals surface area (Å²) in [5.41, 5.74) is 5.62. The van der Waals surface area contributed by atoms with Gasteiger partial charge in [-0.05, 0) is 37.6 Å². The van der Waals surface area contributed by atoms with Gasteiger partial charge >= 0.3 is 0 Å². The van der Waals surface area contributed by atoms with Crippen LogP contribution >= 0.6 is 12.4 Å². The molecule has 0 spiro atoms. The number of nitrogens with two attached hydrogens (primary N) is 1. The number of nitrogens with one attached hydrogen (secondary N) is 1. The van der Waals surface area contributed by atoms with Crippen LogP contribution in [0.2, 0.25) is 0 Å². The number of hydrogen-bond donors (Lipinski definition) is 2. The zero-order chi connectivity index (χ0) is 15.0. The minimum absolute atomic E-state index is 0. The summed E-state index contributed by atoms with van der Waals surface area (Å²) in [6, 6.07) is 6.18. The molecule has 122 valence electrons. The van der Waals surface area contributed by atoms with E-state index in [4.69, 9.17) is 10.5 Å². The van der Waals surface area contributed by atoms with Gasteiger partial charge < -0.3 is 10.5 Å². The highest BCUT2D eigenvalue weighted by Crippen LogP contribution is 2.16. The second kappa shape index (κ2) is 10.00. The minimum Gasteiger partial charge on any atom is -0.494 e. The van der Waals surface area contributed by atoms with E-state index >= 15 is 0 Å². The molecular formula is C14H25ClN2O3S. The highest BCUT2D eigenvalue weighted by atomic mass is 35.5. The molecule has 0 heterocycles. The van der Waals surface area contributed by atoms with E-state index in [-0.39, 0.29) is 23.3 Å². The summed E-state index contributed by atoms with van der Waals surface area (Å²) in [6.45, 7) is 4.80. The number of halogens is 1. The maximum atomic E-state index is 12.2. The predicted octanol–water partition coefficient (Wildman–Crippen LogP) is 2.30. The first-order chi connectivity index (χ1) is 9.53. The molecule has 1 rings (SSSR count). The first-order valence-electron chi connectivity index (χ1n) is 6.98. The Bertz CT molecular complexity index is 491. The lowest BCUT2D eigenvalue weighted by Crippen LogP contribution is -2.40. The molecule has 0 bridgehead atoms. The van der Waals surface area contributed by atoms with E-state index < -0.39 is 10.0 Å². The van der Waals surface area contributed by atoms with E-state index in [2.05, 4.69) is 11.6 Å². The molecule has 0 amide bonds. The van der Waals surface area contributed by atoms with Crippen LogP contribution in [0.1, 0.15) is 33.1 Å². The summed E-state index contributed by atoms with van der Waals surface area (Å²) in [5, 5.41) is 0. The number of unbranched alkanes of at least 4 members (excludes halogenated alkanes) is 1. The summed E-state index contributed by atoms with van der Waals surface area (Å²) in [5.74, 6) is 0.660. The van der Waals surface area contributed by atoms with Crippen LogP contribution in [0.15, 0.2) is 29.2 Å². The molecule has 3 N–H and O–H groups in total. The number of sulfonamides is 1. The van der Waals surface area contributed by atoms with Crippen LogP contribution in [0.4, 0.5) is 0 Å². The Morgan fingerprint density at radius 2 is 1.86 bits per heavy atom. The SMILES string of the molecule is CCCCC(CN)NS(=O)(=O)c1ccc(OCC)cc1.Cl. The Labute approximate surface area is 133 Å². The van der Waals surface area contributed by atoms with E-state index in [0.717, 1.165) is 19.3 Å². The summed E-state index contributed by atoms with van der Waals surface area (Å²) >= 11 is 0. The smallest absolute Gasteiger partial charge is 0.240 e. The van der Waals surface area contributed by atoms with Crippen molar-refractivity contribution in [1.29, 1.82) is 0 Å². The molecule has 0 aromatic heterocycles. The highest BCUT2D eigenvalue weighted by molar-refractivity contribution is 7.89. The molecule has 7 heteroatoms. The fourth-order valence-corrected chi connectivity index (χ4v) is 3.13. The van der Waals surface area contributed by atoms with Gasteiger partial charge in [-0.2, -0.15) is 0 Å². The van der Waals surface area contributed by atoms with E-state index in [1.54, 1.807) is 24.3 Å². The molecular weight excluding hydrogens is 312 g/mol. The lowest BCUT2D eigenvalue weighted by atomic mass is 10.1. The van der Waals surface area contributed by atoms with Gasteiger partial charge in [0, 0.05) is 12.6 Å². The Hall–Kier alpha value is -0.820. The lowest BCUT2D eigenvalue weighted by molar-refractivity contribution is 0.340. The largest absolute Gasteiger partial charge is 0.494 e. The van der Waals surface area contributed by atoms with Crippen LogP contribution < -0.4 is 15.2 Å². The van der Waals surface area contributed by atoms with Gasteiger partial charge in [-0.25, -0.2) is 13.1 Å². The molecule has 0 radical (unpaired) electrons. The van der Waals surface area contributed by atoms with Gasteiger partial charge in [0.1, 0.15) is 5.75 Å². The van der Waals surface area contributed by atoms with Crippen LogP contribution in [-0.2, 0) is 10.0 Å². The number of ether oxygens (including phenoxy) is 1. The van der Waals surface area contributed by atoms with Crippen molar-refractivity contribution in [3.8, 4) is 5.75 Å². The number of benzene rings is 1. The maximum Gasteiger partial charge on any atom is 0.240 e. The first kappa shape index (κ1) is 20.2. The average molecular weight is 337 g/mol. The quantitative estimate of drug-likeness (QED) is 0.725. The van der Waals surface area contributed by atoms with Crippen LogP contribution in [-0.4, -0.2) is 27.6 Å². The van der Waals surface area contributed by atoms with Crippen molar-refractivity contribution < 1.29 is 13.2 Å². The third kappa shape index (κ3) is 6.65. The topological polar surface area (TPSA) is 81.4 Å². The summed E-state index contributed by atoms with van der Waals surface area (Å²) in [4.78, 5) is 0.232. The Morgan fingerprint density at radius 3 is 2.33 bits per heavy atom. The molecule has 0 aliphatic carbocycles. The van der Waals surface area contributed by atoms with E-state index in [0.29, 0.717) is 18.9 Å². The fraction of sp³-hybridized carbons (Fsp3) is 0.571. The Kier molecular flexibility index (Phi) is 9.61.